The number of rotatable bonds is 11. The highest BCUT2D eigenvalue weighted by Crippen LogP contribution is 2.24. The van der Waals surface area contributed by atoms with Crippen molar-refractivity contribution in [2.45, 2.75) is 32.2 Å². The van der Waals surface area contributed by atoms with Gasteiger partial charge in [0.2, 0.25) is 5.91 Å². The second kappa shape index (κ2) is 13.9. The van der Waals surface area contributed by atoms with Crippen LogP contribution in [0.1, 0.15) is 35.7 Å². The minimum Gasteiger partial charge on any atom is -0.494 e. The highest BCUT2D eigenvalue weighted by molar-refractivity contribution is 6.39. The Balaban J connectivity index is 1.41. The van der Waals surface area contributed by atoms with Gasteiger partial charge in [0.25, 0.3) is 5.91 Å². The van der Waals surface area contributed by atoms with Crippen molar-refractivity contribution in [2.75, 3.05) is 32.8 Å². The van der Waals surface area contributed by atoms with Gasteiger partial charge in [0.15, 0.2) is 0 Å². The summed E-state index contributed by atoms with van der Waals surface area (Å²) in [6, 6.07) is 10.6. The van der Waals surface area contributed by atoms with Gasteiger partial charge in [0, 0.05) is 26.4 Å². The Kier molecular flexibility index (Phi) is 10.6. The van der Waals surface area contributed by atoms with E-state index in [-0.39, 0.29) is 27.9 Å². The molecule has 3 N–H and O–H groups in total. The number of carbonyl (C=O) groups excluding carboxylic acids is 2. The number of carboxylic acids is 1. The van der Waals surface area contributed by atoms with Gasteiger partial charge in [-0.3, -0.25) is 14.6 Å². The first-order valence-corrected chi connectivity index (χ1v) is 12.7. The fourth-order valence-corrected chi connectivity index (χ4v) is 4.32. The van der Waals surface area contributed by atoms with Crippen LogP contribution in [-0.2, 0) is 16.0 Å². The maximum absolute atomic E-state index is 12.6. The number of hydrogen-bond acceptors (Lipinski definition) is 6. The summed E-state index contributed by atoms with van der Waals surface area (Å²) in [6.45, 7) is 4.65. The van der Waals surface area contributed by atoms with Crippen molar-refractivity contribution in [3.05, 3.63) is 63.6 Å². The summed E-state index contributed by atoms with van der Waals surface area (Å²) in [7, 11) is 0. The van der Waals surface area contributed by atoms with Crippen LogP contribution in [0.25, 0.3) is 0 Å². The smallest absolute Gasteiger partial charge is 0.326 e. The Morgan fingerprint density at radius 3 is 2.46 bits per heavy atom. The minimum absolute atomic E-state index is 0.0424. The van der Waals surface area contributed by atoms with Gasteiger partial charge in [-0.1, -0.05) is 41.4 Å². The highest BCUT2D eigenvalue weighted by Gasteiger charge is 2.24. The molecule has 0 spiro atoms. The van der Waals surface area contributed by atoms with E-state index < -0.39 is 17.9 Å². The summed E-state index contributed by atoms with van der Waals surface area (Å²) in [5.41, 5.74) is 0.767. The number of amidine groups is 1. The van der Waals surface area contributed by atoms with Gasteiger partial charge in [0.1, 0.15) is 17.6 Å². The zero-order valence-electron chi connectivity index (χ0n) is 20.5. The summed E-state index contributed by atoms with van der Waals surface area (Å²) in [4.78, 5) is 42.0. The van der Waals surface area contributed by atoms with Gasteiger partial charge in [-0.05, 0) is 42.7 Å². The molecule has 11 heteroatoms. The number of amides is 2. The van der Waals surface area contributed by atoms with E-state index in [1.807, 2.05) is 0 Å². The third-order valence-electron chi connectivity index (χ3n) is 5.78. The van der Waals surface area contributed by atoms with Crippen LogP contribution in [0.5, 0.6) is 5.75 Å². The number of aliphatic imine (C=N–C) groups is 1. The first-order valence-electron chi connectivity index (χ1n) is 12.0. The third-order valence-corrected chi connectivity index (χ3v) is 6.41. The summed E-state index contributed by atoms with van der Waals surface area (Å²) in [5, 5.41) is 15.7. The van der Waals surface area contributed by atoms with Gasteiger partial charge in [-0.2, -0.15) is 0 Å². The van der Waals surface area contributed by atoms with Crippen LogP contribution in [0.15, 0.2) is 47.5 Å². The Morgan fingerprint density at radius 2 is 1.81 bits per heavy atom. The van der Waals surface area contributed by atoms with Crippen LogP contribution in [0, 0.1) is 0 Å². The topological polar surface area (TPSA) is 120 Å². The number of hydrogen-bond donors (Lipinski definition) is 3. The van der Waals surface area contributed by atoms with Crippen LogP contribution in [0.3, 0.4) is 0 Å². The zero-order valence-corrected chi connectivity index (χ0v) is 22.0. The predicted octanol–water partition coefficient (Wildman–Crippen LogP) is 3.43. The third kappa shape index (κ3) is 8.65. The molecule has 0 fully saturated rings. The molecule has 1 atom stereocenters. The van der Waals surface area contributed by atoms with Crippen molar-refractivity contribution in [2.24, 2.45) is 4.99 Å². The lowest BCUT2D eigenvalue weighted by Crippen LogP contribution is -2.44. The highest BCUT2D eigenvalue weighted by atomic mass is 35.5. The Bertz CT molecular complexity index is 1120. The molecule has 3 rings (SSSR count). The van der Waals surface area contributed by atoms with Crippen molar-refractivity contribution < 1.29 is 24.2 Å². The van der Waals surface area contributed by atoms with Gasteiger partial charge in [-0.25, -0.2) is 4.79 Å². The molecular weight excluding hydrogens is 519 g/mol. The van der Waals surface area contributed by atoms with Gasteiger partial charge < -0.3 is 25.4 Å². The summed E-state index contributed by atoms with van der Waals surface area (Å²) >= 11 is 12.1. The summed E-state index contributed by atoms with van der Waals surface area (Å²) in [6.07, 6.45) is 1.79. The Morgan fingerprint density at radius 1 is 1.11 bits per heavy atom. The molecule has 1 heterocycles. The van der Waals surface area contributed by atoms with E-state index >= 15 is 0 Å². The maximum atomic E-state index is 12.6. The molecule has 37 heavy (non-hydrogen) atoms. The minimum atomic E-state index is -1.17. The van der Waals surface area contributed by atoms with Crippen molar-refractivity contribution in [1.29, 1.82) is 0 Å². The molecule has 1 aliphatic rings. The first-order chi connectivity index (χ1) is 17.7. The van der Waals surface area contributed by atoms with Crippen molar-refractivity contribution >= 4 is 46.8 Å². The van der Waals surface area contributed by atoms with E-state index in [9.17, 15) is 19.5 Å². The van der Waals surface area contributed by atoms with Gasteiger partial charge >= 0.3 is 5.97 Å². The average molecular weight is 549 g/mol. The largest absolute Gasteiger partial charge is 0.494 e. The molecule has 0 unspecified atom stereocenters. The first kappa shape index (κ1) is 28.3. The lowest BCUT2D eigenvalue weighted by atomic mass is 10.1. The zero-order chi connectivity index (χ0) is 26.8. The molecule has 0 aromatic heterocycles. The number of carbonyl (C=O) groups is 3. The van der Waals surface area contributed by atoms with E-state index in [2.05, 4.69) is 15.6 Å². The van der Waals surface area contributed by atoms with E-state index in [0.717, 1.165) is 30.8 Å². The fraction of sp³-hybridized carbons (Fsp3) is 0.385. The number of nitrogens with one attached hydrogen (secondary N) is 2. The number of benzene rings is 2. The molecule has 198 valence electrons. The number of nitrogens with zero attached hydrogens (tertiary/aromatic N) is 2. The quantitative estimate of drug-likeness (QED) is 0.370. The van der Waals surface area contributed by atoms with Crippen LogP contribution in [0.4, 0.5) is 0 Å². The van der Waals surface area contributed by atoms with E-state index in [1.165, 1.54) is 12.1 Å². The second-order valence-electron chi connectivity index (χ2n) is 8.56. The second-order valence-corrected chi connectivity index (χ2v) is 9.37. The van der Waals surface area contributed by atoms with Crippen LogP contribution >= 0.6 is 23.2 Å². The molecular formula is C26H30Cl2N4O5. The molecule has 0 aliphatic carbocycles. The molecule has 0 saturated heterocycles. The van der Waals surface area contributed by atoms with Gasteiger partial charge in [-0.15, -0.1) is 0 Å². The lowest BCUT2D eigenvalue weighted by Gasteiger charge is -2.25. The van der Waals surface area contributed by atoms with Gasteiger partial charge in [0.05, 0.1) is 35.3 Å². The molecule has 2 aromatic carbocycles. The molecule has 9 nitrogen and oxygen atoms in total. The van der Waals surface area contributed by atoms with Crippen molar-refractivity contribution in [3.8, 4) is 5.75 Å². The number of unbranched alkanes of at least 4 members (excludes halogenated alkanes) is 1. The molecule has 0 saturated carbocycles. The SMILES string of the molecule is CC(=O)N1CCN=C(NCCCCOc2ccc(C[C@H](NC(=O)c3c(Cl)cccc3Cl)C(=O)O)cc2)C1. The number of halogens is 2. The molecule has 0 bridgehead atoms. The Hall–Kier alpha value is -3.30. The van der Waals surface area contributed by atoms with Crippen LogP contribution in [0.2, 0.25) is 10.0 Å². The maximum Gasteiger partial charge on any atom is 0.326 e. The van der Waals surface area contributed by atoms with Crippen LogP contribution in [-0.4, -0.2) is 72.5 Å². The monoisotopic (exact) mass is 548 g/mol. The average Bonchev–Trinajstić information content (AvgIpc) is 2.86. The van der Waals surface area contributed by atoms with E-state index in [0.29, 0.717) is 32.0 Å². The Labute approximate surface area is 225 Å². The number of ether oxygens (including phenoxy) is 1. The molecule has 1 aliphatic heterocycles. The molecule has 0 radical (unpaired) electrons. The van der Waals surface area contributed by atoms with Crippen molar-refractivity contribution in [3.63, 3.8) is 0 Å². The molecule has 2 aromatic rings. The standard InChI is InChI=1S/C26H30Cl2N4O5/c1-17(33)32-13-12-30-23(16-32)29-11-2-3-14-37-19-9-7-18(8-10-19)15-22(26(35)36)31-25(34)24-20(27)5-4-6-21(24)28/h4-10,22H,2-3,11-16H2,1H3,(H,29,30)(H,31,34)(H,35,36)/t22-/m0/s1. The van der Waals surface area contributed by atoms with Crippen molar-refractivity contribution in [1.82, 2.24) is 15.5 Å². The van der Waals surface area contributed by atoms with E-state index in [1.54, 1.807) is 42.2 Å². The molecule has 2 amide bonds. The fourth-order valence-electron chi connectivity index (χ4n) is 3.75. The predicted molar refractivity (Wildman–Crippen MR) is 143 cm³/mol. The van der Waals surface area contributed by atoms with E-state index in [4.69, 9.17) is 27.9 Å². The number of aliphatic carboxylic acids is 1. The normalized spacial score (nSPS) is 13.9. The summed E-state index contributed by atoms with van der Waals surface area (Å²) in [5.74, 6) is -0.255. The van der Waals surface area contributed by atoms with Crippen LogP contribution < -0.4 is 15.4 Å². The summed E-state index contributed by atoms with van der Waals surface area (Å²) < 4.78 is 5.78. The lowest BCUT2D eigenvalue weighted by molar-refractivity contribution is -0.139. The number of carboxylic acid groups (broad SMARTS) is 1.